The van der Waals surface area contributed by atoms with Crippen molar-refractivity contribution in [2.75, 3.05) is 6.61 Å². The molecule has 0 radical (unpaired) electrons. The fourth-order valence-corrected chi connectivity index (χ4v) is 1.87. The predicted octanol–water partition coefficient (Wildman–Crippen LogP) is 3.76. The van der Waals surface area contributed by atoms with Gasteiger partial charge in [0.15, 0.2) is 0 Å². The Bertz CT molecular complexity index is 851. The molecule has 0 aliphatic carbocycles. The van der Waals surface area contributed by atoms with Crippen molar-refractivity contribution in [3.8, 4) is 6.01 Å². The van der Waals surface area contributed by atoms with E-state index in [0.29, 0.717) is 6.92 Å². The Morgan fingerprint density at radius 2 is 2.07 bits per heavy atom. The molecule has 0 unspecified atom stereocenters. The van der Waals surface area contributed by atoms with Gasteiger partial charge in [-0.15, -0.1) is 0 Å². The summed E-state index contributed by atoms with van der Waals surface area (Å²) in [6, 6.07) is 3.64. The summed E-state index contributed by atoms with van der Waals surface area (Å²) in [7, 11) is 0. The van der Waals surface area contributed by atoms with Crippen molar-refractivity contribution < 1.29 is 26.7 Å². The maximum Gasteiger partial charge on any atom is 0.317 e. The zero-order valence-corrected chi connectivity index (χ0v) is 13.9. The molecule has 0 saturated heterocycles. The van der Waals surface area contributed by atoms with Gasteiger partial charge in [0, 0.05) is 13.1 Å². The lowest BCUT2D eigenvalue weighted by molar-refractivity contribution is 0.0138. The molecular formula is C16H14F5N5O. The molecule has 0 aliphatic rings. The van der Waals surface area contributed by atoms with Crippen molar-refractivity contribution >= 4 is 17.6 Å². The summed E-state index contributed by atoms with van der Waals surface area (Å²) in [5.41, 5.74) is -1.25. The number of aliphatic imine (C=N–C) groups is 1. The SMILES string of the molecule is CC(F)(F)c1cc(N=CC(COc2nccc(C(F)F)n2)=NN)ccc1F. The van der Waals surface area contributed by atoms with Crippen molar-refractivity contribution in [2.45, 2.75) is 19.3 Å². The molecule has 6 nitrogen and oxygen atoms in total. The highest BCUT2D eigenvalue weighted by atomic mass is 19.3. The van der Waals surface area contributed by atoms with Crippen molar-refractivity contribution in [3.63, 3.8) is 0 Å². The van der Waals surface area contributed by atoms with E-state index in [1.807, 2.05) is 0 Å². The van der Waals surface area contributed by atoms with Crippen molar-refractivity contribution in [1.29, 1.82) is 0 Å². The second-order valence-electron chi connectivity index (χ2n) is 5.28. The summed E-state index contributed by atoms with van der Waals surface area (Å²) in [6.45, 7) is 0.248. The Hall–Kier alpha value is -3.11. The molecule has 1 aromatic carbocycles. The number of ether oxygens (including phenoxy) is 1. The molecule has 144 valence electrons. The first-order chi connectivity index (χ1) is 12.7. The average Bonchev–Trinajstić information content (AvgIpc) is 2.62. The largest absolute Gasteiger partial charge is 0.457 e. The van der Waals surface area contributed by atoms with Crippen LogP contribution in [0.1, 0.15) is 24.6 Å². The number of rotatable bonds is 7. The summed E-state index contributed by atoms with van der Waals surface area (Å²) in [5, 5.41) is 3.38. The lowest BCUT2D eigenvalue weighted by atomic mass is 10.1. The van der Waals surface area contributed by atoms with Gasteiger partial charge in [-0.2, -0.15) is 10.1 Å². The predicted molar refractivity (Wildman–Crippen MR) is 88.2 cm³/mol. The molecular weight excluding hydrogens is 373 g/mol. The molecule has 11 heteroatoms. The van der Waals surface area contributed by atoms with E-state index in [9.17, 15) is 22.0 Å². The van der Waals surface area contributed by atoms with E-state index in [1.165, 1.54) is 6.07 Å². The van der Waals surface area contributed by atoms with Gasteiger partial charge in [-0.1, -0.05) is 0 Å². The third-order valence-electron chi connectivity index (χ3n) is 3.18. The van der Waals surface area contributed by atoms with E-state index in [-0.39, 0.29) is 24.0 Å². The number of benzene rings is 1. The molecule has 1 aromatic heterocycles. The minimum absolute atomic E-state index is 0.0324. The molecule has 1 heterocycles. The van der Waals surface area contributed by atoms with Crippen LogP contribution in [0, 0.1) is 5.82 Å². The average molecular weight is 387 g/mol. The lowest BCUT2D eigenvalue weighted by Crippen LogP contribution is -2.16. The Kier molecular flexibility index (Phi) is 6.37. The van der Waals surface area contributed by atoms with Crippen LogP contribution in [-0.2, 0) is 5.92 Å². The lowest BCUT2D eigenvalue weighted by Gasteiger charge is -2.11. The van der Waals surface area contributed by atoms with E-state index in [4.69, 9.17) is 10.6 Å². The molecule has 2 N–H and O–H groups in total. The van der Waals surface area contributed by atoms with Crippen LogP contribution >= 0.6 is 0 Å². The maximum atomic E-state index is 13.5. The summed E-state index contributed by atoms with van der Waals surface area (Å²) in [5.74, 6) is 0.738. The first kappa shape index (κ1) is 20.2. The van der Waals surface area contributed by atoms with E-state index in [2.05, 4.69) is 20.1 Å². The van der Waals surface area contributed by atoms with E-state index < -0.39 is 29.4 Å². The third-order valence-corrected chi connectivity index (χ3v) is 3.18. The van der Waals surface area contributed by atoms with Gasteiger partial charge in [0.2, 0.25) is 0 Å². The van der Waals surface area contributed by atoms with Gasteiger partial charge in [-0.3, -0.25) is 4.99 Å². The van der Waals surface area contributed by atoms with Crippen LogP contribution in [-0.4, -0.2) is 28.5 Å². The Morgan fingerprint density at radius 1 is 1.33 bits per heavy atom. The number of hydrogen-bond donors (Lipinski definition) is 1. The van der Waals surface area contributed by atoms with Gasteiger partial charge in [0.05, 0.1) is 17.5 Å². The number of hydrogen-bond acceptors (Lipinski definition) is 6. The van der Waals surface area contributed by atoms with E-state index in [1.54, 1.807) is 0 Å². The molecule has 2 rings (SSSR count). The van der Waals surface area contributed by atoms with Gasteiger partial charge in [-0.05, 0) is 24.3 Å². The summed E-state index contributed by atoms with van der Waals surface area (Å²) < 4.78 is 70.4. The van der Waals surface area contributed by atoms with Crippen molar-refractivity contribution in [2.24, 2.45) is 15.9 Å². The molecule has 0 atom stereocenters. The number of halogens is 5. The summed E-state index contributed by atoms with van der Waals surface area (Å²) >= 11 is 0. The van der Waals surface area contributed by atoms with Gasteiger partial charge in [-0.25, -0.2) is 26.9 Å². The van der Waals surface area contributed by atoms with Crippen LogP contribution in [0.15, 0.2) is 40.6 Å². The zero-order chi connectivity index (χ0) is 20.0. The van der Waals surface area contributed by atoms with Gasteiger partial charge >= 0.3 is 6.01 Å². The van der Waals surface area contributed by atoms with Crippen molar-refractivity contribution in [3.05, 3.63) is 47.5 Å². The van der Waals surface area contributed by atoms with Crippen LogP contribution in [0.4, 0.5) is 27.6 Å². The quantitative estimate of drug-likeness (QED) is 0.339. The van der Waals surface area contributed by atoms with Crippen LogP contribution < -0.4 is 10.6 Å². The van der Waals surface area contributed by atoms with Crippen LogP contribution in [0.25, 0.3) is 0 Å². The highest BCUT2D eigenvalue weighted by Gasteiger charge is 2.28. The van der Waals surface area contributed by atoms with E-state index >= 15 is 0 Å². The first-order valence-electron chi connectivity index (χ1n) is 7.43. The fraction of sp³-hybridized carbons (Fsp3) is 0.250. The maximum absolute atomic E-state index is 13.5. The molecule has 0 amide bonds. The topological polar surface area (TPSA) is 85.8 Å². The highest BCUT2D eigenvalue weighted by Crippen LogP contribution is 2.31. The molecule has 2 aromatic rings. The first-order valence-corrected chi connectivity index (χ1v) is 7.43. The van der Waals surface area contributed by atoms with Crippen LogP contribution in [0.2, 0.25) is 0 Å². The molecule has 27 heavy (non-hydrogen) atoms. The molecule has 0 spiro atoms. The van der Waals surface area contributed by atoms with Gasteiger partial charge in [0.25, 0.3) is 12.3 Å². The normalized spacial score (nSPS) is 12.8. The summed E-state index contributed by atoms with van der Waals surface area (Å²) in [6.07, 6.45) is -0.590. The second-order valence-corrected chi connectivity index (χ2v) is 5.28. The minimum Gasteiger partial charge on any atom is -0.457 e. The van der Waals surface area contributed by atoms with Crippen molar-refractivity contribution in [1.82, 2.24) is 9.97 Å². The summed E-state index contributed by atoms with van der Waals surface area (Å²) in [4.78, 5) is 11.0. The second kappa shape index (κ2) is 8.52. The smallest absolute Gasteiger partial charge is 0.317 e. The van der Waals surface area contributed by atoms with Crippen LogP contribution in [0.3, 0.4) is 0 Å². The standard InChI is InChI=1S/C16H14F5N5O/c1-16(20,21)11-6-9(2-3-12(11)17)24-7-10(26-22)8-27-15-23-5-4-13(25-15)14(18)19/h2-7,14H,8,22H2,1H3. The van der Waals surface area contributed by atoms with Gasteiger partial charge < -0.3 is 10.6 Å². The highest BCUT2D eigenvalue weighted by molar-refractivity contribution is 6.31. The molecule has 0 bridgehead atoms. The molecule has 0 aliphatic heterocycles. The number of nitrogens with two attached hydrogens (primary N) is 1. The fourth-order valence-electron chi connectivity index (χ4n) is 1.87. The van der Waals surface area contributed by atoms with Gasteiger partial charge in [0.1, 0.15) is 23.8 Å². The Balaban J connectivity index is 2.08. The van der Waals surface area contributed by atoms with E-state index in [0.717, 1.165) is 30.6 Å². The van der Waals surface area contributed by atoms with Crippen LogP contribution in [0.5, 0.6) is 6.01 Å². The number of aromatic nitrogens is 2. The number of alkyl halides is 4. The molecule has 0 saturated carbocycles. The third kappa shape index (κ3) is 5.69. The molecule has 0 fully saturated rings. The number of hydrazone groups is 1. The Labute approximate surface area is 150 Å². The Morgan fingerprint density at radius 3 is 2.70 bits per heavy atom. The minimum atomic E-state index is -3.38. The number of nitrogens with zero attached hydrogens (tertiary/aromatic N) is 4. The monoisotopic (exact) mass is 387 g/mol. The zero-order valence-electron chi connectivity index (χ0n) is 13.9.